The van der Waals surface area contributed by atoms with E-state index in [4.69, 9.17) is 4.74 Å². The summed E-state index contributed by atoms with van der Waals surface area (Å²) in [5, 5.41) is 3.10. The van der Waals surface area contributed by atoms with E-state index >= 15 is 0 Å². The Morgan fingerprint density at radius 1 is 1.08 bits per heavy atom. The molecule has 2 aliphatic heterocycles. The summed E-state index contributed by atoms with van der Waals surface area (Å²) in [6.07, 6.45) is 0. The molecule has 1 aromatic carbocycles. The minimum Gasteiger partial charge on any atom is -0.379 e. The first-order valence-corrected chi connectivity index (χ1v) is 9.33. The van der Waals surface area contributed by atoms with Crippen molar-refractivity contribution in [3.63, 3.8) is 0 Å². The van der Waals surface area contributed by atoms with E-state index in [1.807, 2.05) is 11.0 Å². The molecule has 1 aromatic rings. The maximum Gasteiger partial charge on any atom is 0.317 e. The number of carbonyl (C=O) groups is 1. The molecule has 2 heterocycles. The van der Waals surface area contributed by atoms with Gasteiger partial charge in [0.1, 0.15) is 0 Å². The van der Waals surface area contributed by atoms with Crippen molar-refractivity contribution in [3.8, 4) is 0 Å². The van der Waals surface area contributed by atoms with E-state index < -0.39 is 0 Å². The molecule has 2 amide bonds. The van der Waals surface area contributed by atoms with Gasteiger partial charge in [0.15, 0.2) is 0 Å². The van der Waals surface area contributed by atoms with Gasteiger partial charge in [-0.3, -0.25) is 9.80 Å². The number of rotatable bonds is 5. The number of nitrogens with zero attached hydrogens (tertiary/aromatic N) is 3. The van der Waals surface area contributed by atoms with Gasteiger partial charge in [0, 0.05) is 58.4 Å². The van der Waals surface area contributed by atoms with Crippen molar-refractivity contribution >= 4 is 6.03 Å². The Morgan fingerprint density at radius 3 is 2.44 bits per heavy atom. The molecule has 0 spiro atoms. The van der Waals surface area contributed by atoms with Gasteiger partial charge in [0.05, 0.1) is 13.2 Å². The van der Waals surface area contributed by atoms with E-state index in [-0.39, 0.29) is 6.03 Å². The maximum atomic E-state index is 12.4. The summed E-state index contributed by atoms with van der Waals surface area (Å²) in [6.45, 7) is 10.8. The lowest BCUT2D eigenvalue weighted by molar-refractivity contribution is 0.0205. The number of morpholine rings is 1. The number of carbonyl (C=O) groups excluding carboxylic acids is 1. The largest absolute Gasteiger partial charge is 0.379 e. The van der Waals surface area contributed by atoms with Crippen molar-refractivity contribution in [1.29, 1.82) is 0 Å². The zero-order valence-electron chi connectivity index (χ0n) is 15.2. The van der Waals surface area contributed by atoms with Crippen LogP contribution in [0.25, 0.3) is 0 Å². The van der Waals surface area contributed by atoms with E-state index in [1.165, 1.54) is 5.56 Å². The zero-order valence-corrected chi connectivity index (χ0v) is 15.2. The van der Waals surface area contributed by atoms with Crippen molar-refractivity contribution in [2.24, 2.45) is 0 Å². The Labute approximate surface area is 150 Å². The predicted octanol–water partition coefficient (Wildman–Crippen LogP) is 1.23. The van der Waals surface area contributed by atoms with Crippen LogP contribution in [-0.4, -0.2) is 85.8 Å². The first-order chi connectivity index (χ1) is 12.2. The van der Waals surface area contributed by atoms with Crippen LogP contribution in [0.3, 0.4) is 0 Å². The molecule has 2 saturated heterocycles. The van der Waals surface area contributed by atoms with Crippen LogP contribution in [0.4, 0.5) is 4.79 Å². The van der Waals surface area contributed by atoms with Gasteiger partial charge in [0.2, 0.25) is 0 Å². The first-order valence-electron chi connectivity index (χ1n) is 9.33. The molecule has 1 N–H and O–H groups in total. The number of nitrogens with one attached hydrogen (secondary N) is 1. The third-order valence-electron chi connectivity index (χ3n) is 5.13. The lowest BCUT2D eigenvalue weighted by Crippen LogP contribution is -2.54. The van der Waals surface area contributed by atoms with Crippen LogP contribution >= 0.6 is 0 Å². The number of hydrogen-bond acceptors (Lipinski definition) is 4. The maximum absolute atomic E-state index is 12.4. The van der Waals surface area contributed by atoms with Crippen molar-refractivity contribution in [2.45, 2.75) is 19.5 Å². The summed E-state index contributed by atoms with van der Waals surface area (Å²) in [5.41, 5.74) is 1.33. The highest BCUT2D eigenvalue weighted by atomic mass is 16.5. The van der Waals surface area contributed by atoms with Crippen LogP contribution in [-0.2, 0) is 11.3 Å². The third kappa shape index (κ3) is 5.42. The smallest absolute Gasteiger partial charge is 0.317 e. The number of amides is 2. The van der Waals surface area contributed by atoms with Crippen molar-refractivity contribution in [1.82, 2.24) is 20.0 Å². The normalized spacial score (nSPS) is 21.1. The highest BCUT2D eigenvalue weighted by molar-refractivity contribution is 5.74. The SMILES string of the molecule is CC(CNC(=O)N1CCN(Cc2ccccc2)CC1)N1CCOCC1. The Morgan fingerprint density at radius 2 is 1.76 bits per heavy atom. The van der Waals surface area contributed by atoms with Crippen LogP contribution in [0.15, 0.2) is 30.3 Å². The standard InChI is InChI=1S/C19H30N4O2/c1-17(22-11-13-25-14-12-22)15-20-19(24)23-9-7-21(8-10-23)16-18-5-3-2-4-6-18/h2-6,17H,7-16H2,1H3,(H,20,24). The van der Waals surface area contributed by atoms with Gasteiger partial charge in [-0.1, -0.05) is 30.3 Å². The second kappa shape index (κ2) is 9.17. The average Bonchev–Trinajstić information content (AvgIpc) is 2.68. The second-order valence-electron chi connectivity index (χ2n) is 6.93. The molecule has 6 nitrogen and oxygen atoms in total. The molecule has 3 rings (SSSR count). The van der Waals surface area contributed by atoms with Crippen LogP contribution < -0.4 is 5.32 Å². The number of benzene rings is 1. The van der Waals surface area contributed by atoms with E-state index in [0.717, 1.165) is 59.0 Å². The van der Waals surface area contributed by atoms with E-state index in [2.05, 4.69) is 46.3 Å². The van der Waals surface area contributed by atoms with Crippen LogP contribution in [0.1, 0.15) is 12.5 Å². The fraction of sp³-hybridized carbons (Fsp3) is 0.632. The van der Waals surface area contributed by atoms with Crippen molar-refractivity contribution in [2.75, 3.05) is 59.0 Å². The summed E-state index contributed by atoms with van der Waals surface area (Å²) in [6, 6.07) is 10.9. The monoisotopic (exact) mass is 346 g/mol. The van der Waals surface area contributed by atoms with Gasteiger partial charge in [-0.2, -0.15) is 0 Å². The van der Waals surface area contributed by atoms with Crippen LogP contribution in [0.2, 0.25) is 0 Å². The number of urea groups is 1. The fourth-order valence-corrected chi connectivity index (χ4v) is 3.44. The molecular weight excluding hydrogens is 316 g/mol. The molecule has 1 atom stereocenters. The summed E-state index contributed by atoms with van der Waals surface area (Å²) in [5.74, 6) is 0. The number of hydrogen-bond donors (Lipinski definition) is 1. The minimum atomic E-state index is 0.0690. The van der Waals surface area contributed by atoms with Crippen LogP contribution in [0, 0.1) is 0 Å². The zero-order chi connectivity index (χ0) is 17.5. The topological polar surface area (TPSA) is 48.1 Å². The first kappa shape index (κ1) is 18.2. The lowest BCUT2D eigenvalue weighted by Gasteiger charge is -2.36. The summed E-state index contributed by atoms with van der Waals surface area (Å²) < 4.78 is 5.38. The molecule has 2 fully saturated rings. The molecule has 0 aliphatic carbocycles. The molecule has 0 saturated carbocycles. The number of ether oxygens (including phenoxy) is 1. The summed E-state index contributed by atoms with van der Waals surface area (Å²) >= 11 is 0. The molecule has 1 unspecified atom stereocenters. The molecule has 2 aliphatic rings. The summed E-state index contributed by atoms with van der Waals surface area (Å²) in [4.78, 5) is 19.1. The minimum absolute atomic E-state index is 0.0690. The second-order valence-corrected chi connectivity index (χ2v) is 6.93. The highest BCUT2D eigenvalue weighted by Crippen LogP contribution is 2.09. The van der Waals surface area contributed by atoms with Gasteiger partial charge >= 0.3 is 6.03 Å². The molecule has 6 heteroatoms. The van der Waals surface area contributed by atoms with Gasteiger partial charge in [0.25, 0.3) is 0 Å². The third-order valence-corrected chi connectivity index (χ3v) is 5.13. The molecule has 0 bridgehead atoms. The Hall–Kier alpha value is -1.63. The van der Waals surface area contributed by atoms with Crippen molar-refractivity contribution < 1.29 is 9.53 Å². The fourth-order valence-electron chi connectivity index (χ4n) is 3.44. The molecule has 0 radical (unpaired) electrons. The van der Waals surface area contributed by atoms with Crippen LogP contribution in [0.5, 0.6) is 0 Å². The predicted molar refractivity (Wildman–Crippen MR) is 98.5 cm³/mol. The molecular formula is C19H30N4O2. The van der Waals surface area contributed by atoms with E-state index in [1.54, 1.807) is 0 Å². The van der Waals surface area contributed by atoms with Crippen molar-refractivity contribution in [3.05, 3.63) is 35.9 Å². The average molecular weight is 346 g/mol. The van der Waals surface area contributed by atoms with E-state index in [9.17, 15) is 4.79 Å². The lowest BCUT2D eigenvalue weighted by atomic mass is 10.2. The van der Waals surface area contributed by atoms with Gasteiger partial charge in [-0.05, 0) is 12.5 Å². The van der Waals surface area contributed by atoms with E-state index in [0.29, 0.717) is 12.6 Å². The van der Waals surface area contributed by atoms with Gasteiger partial charge in [-0.15, -0.1) is 0 Å². The number of piperazine rings is 1. The van der Waals surface area contributed by atoms with Gasteiger partial charge in [-0.25, -0.2) is 4.79 Å². The molecule has 25 heavy (non-hydrogen) atoms. The Bertz CT molecular complexity index is 525. The Kier molecular flexibility index (Phi) is 6.67. The quantitative estimate of drug-likeness (QED) is 0.871. The van der Waals surface area contributed by atoms with Gasteiger partial charge < -0.3 is 15.0 Å². The highest BCUT2D eigenvalue weighted by Gasteiger charge is 2.22. The molecule has 0 aromatic heterocycles. The molecule has 138 valence electrons. The summed E-state index contributed by atoms with van der Waals surface area (Å²) in [7, 11) is 0. The Balaban J connectivity index is 1.36.